The van der Waals surface area contributed by atoms with Crippen LogP contribution in [0.2, 0.25) is 0 Å². The Morgan fingerprint density at radius 3 is 2.50 bits per heavy atom. The molecule has 0 aliphatic heterocycles. The molecule has 0 aliphatic rings. The quantitative estimate of drug-likeness (QED) is 0.672. The molecule has 2 unspecified atom stereocenters. The standard InChI is InChI=1S/C16H24O4/c1-4-9-15(14-10-7-6-8-11-14)19-12-13(3)20-16(17)18-5-2/h6-8,10-11,13,15H,4-5,9,12H2,1-3H3. The van der Waals surface area contributed by atoms with Gasteiger partial charge in [-0.2, -0.15) is 0 Å². The van der Waals surface area contributed by atoms with E-state index in [4.69, 9.17) is 14.2 Å². The van der Waals surface area contributed by atoms with Crippen molar-refractivity contribution in [2.45, 2.75) is 45.8 Å². The largest absolute Gasteiger partial charge is 0.508 e. The van der Waals surface area contributed by atoms with Gasteiger partial charge in [0, 0.05) is 0 Å². The lowest BCUT2D eigenvalue weighted by atomic mass is 10.1. The molecule has 4 nitrogen and oxygen atoms in total. The third-order valence-corrected chi connectivity index (χ3v) is 2.81. The van der Waals surface area contributed by atoms with E-state index in [0.717, 1.165) is 18.4 Å². The highest BCUT2D eigenvalue weighted by Crippen LogP contribution is 2.22. The average molecular weight is 280 g/mol. The molecule has 0 bridgehead atoms. The minimum atomic E-state index is -0.643. The maximum Gasteiger partial charge on any atom is 0.508 e. The number of ether oxygens (including phenoxy) is 3. The van der Waals surface area contributed by atoms with Crippen molar-refractivity contribution in [3.63, 3.8) is 0 Å². The third-order valence-electron chi connectivity index (χ3n) is 2.81. The maximum atomic E-state index is 11.2. The number of hydrogen-bond donors (Lipinski definition) is 0. The van der Waals surface area contributed by atoms with Crippen LogP contribution in [0.25, 0.3) is 0 Å². The van der Waals surface area contributed by atoms with Gasteiger partial charge in [0.05, 0.1) is 19.3 Å². The fourth-order valence-electron chi connectivity index (χ4n) is 1.88. The molecule has 0 N–H and O–H groups in total. The smallest absolute Gasteiger partial charge is 0.435 e. The van der Waals surface area contributed by atoms with Crippen LogP contribution in [-0.2, 0) is 14.2 Å². The van der Waals surface area contributed by atoms with Crippen molar-refractivity contribution in [3.8, 4) is 0 Å². The summed E-state index contributed by atoms with van der Waals surface area (Å²) in [4.78, 5) is 11.2. The molecule has 0 amide bonds. The highest BCUT2D eigenvalue weighted by molar-refractivity contribution is 5.59. The van der Waals surface area contributed by atoms with Gasteiger partial charge in [0.15, 0.2) is 0 Å². The zero-order valence-corrected chi connectivity index (χ0v) is 12.5. The van der Waals surface area contributed by atoms with Crippen molar-refractivity contribution in [2.24, 2.45) is 0 Å². The molecular formula is C16H24O4. The van der Waals surface area contributed by atoms with Crippen molar-refractivity contribution in [3.05, 3.63) is 35.9 Å². The SMILES string of the molecule is CCCC(OCC(C)OC(=O)OCC)c1ccccc1. The predicted molar refractivity (Wildman–Crippen MR) is 77.6 cm³/mol. The highest BCUT2D eigenvalue weighted by atomic mass is 16.7. The summed E-state index contributed by atoms with van der Waals surface area (Å²) in [5.74, 6) is 0. The molecule has 20 heavy (non-hydrogen) atoms. The first-order valence-electron chi connectivity index (χ1n) is 7.17. The highest BCUT2D eigenvalue weighted by Gasteiger charge is 2.15. The van der Waals surface area contributed by atoms with Gasteiger partial charge in [0.1, 0.15) is 6.10 Å². The molecule has 0 spiro atoms. The number of hydrogen-bond acceptors (Lipinski definition) is 4. The van der Waals surface area contributed by atoms with Gasteiger partial charge in [-0.1, -0.05) is 43.7 Å². The summed E-state index contributed by atoms with van der Waals surface area (Å²) in [7, 11) is 0. The van der Waals surface area contributed by atoms with Crippen molar-refractivity contribution in [1.29, 1.82) is 0 Å². The summed E-state index contributed by atoms with van der Waals surface area (Å²) in [5, 5.41) is 0. The number of rotatable bonds is 8. The molecule has 0 saturated heterocycles. The van der Waals surface area contributed by atoms with Crippen LogP contribution in [0.5, 0.6) is 0 Å². The van der Waals surface area contributed by atoms with E-state index in [-0.39, 0.29) is 12.2 Å². The molecule has 1 aromatic rings. The van der Waals surface area contributed by atoms with E-state index >= 15 is 0 Å². The first kappa shape index (κ1) is 16.5. The lowest BCUT2D eigenvalue weighted by Crippen LogP contribution is -2.22. The fourth-order valence-corrected chi connectivity index (χ4v) is 1.88. The van der Waals surface area contributed by atoms with E-state index in [2.05, 4.69) is 19.1 Å². The molecular weight excluding hydrogens is 256 g/mol. The minimum absolute atomic E-state index is 0.0365. The first-order valence-corrected chi connectivity index (χ1v) is 7.17. The number of carbonyl (C=O) groups excluding carboxylic acids is 1. The molecule has 112 valence electrons. The Hall–Kier alpha value is -1.55. The van der Waals surface area contributed by atoms with Crippen molar-refractivity contribution in [1.82, 2.24) is 0 Å². The maximum absolute atomic E-state index is 11.2. The lowest BCUT2D eigenvalue weighted by molar-refractivity contribution is -0.0348. The Balaban J connectivity index is 2.45. The van der Waals surface area contributed by atoms with Crippen LogP contribution in [-0.4, -0.2) is 25.5 Å². The lowest BCUT2D eigenvalue weighted by Gasteiger charge is -2.20. The summed E-state index contributed by atoms with van der Waals surface area (Å²) in [5.41, 5.74) is 1.15. The fraction of sp³-hybridized carbons (Fsp3) is 0.562. The summed E-state index contributed by atoms with van der Waals surface area (Å²) in [6, 6.07) is 10.1. The first-order chi connectivity index (χ1) is 9.67. The van der Waals surface area contributed by atoms with Crippen LogP contribution in [0.4, 0.5) is 4.79 Å². The summed E-state index contributed by atoms with van der Waals surface area (Å²) in [6.07, 6.45) is 1.05. The van der Waals surface area contributed by atoms with Crippen LogP contribution >= 0.6 is 0 Å². The summed E-state index contributed by atoms with van der Waals surface area (Å²) >= 11 is 0. The monoisotopic (exact) mass is 280 g/mol. The summed E-state index contributed by atoms with van der Waals surface area (Å²) in [6.45, 7) is 6.34. The van der Waals surface area contributed by atoms with E-state index in [0.29, 0.717) is 13.2 Å². The zero-order valence-electron chi connectivity index (χ0n) is 12.5. The number of benzene rings is 1. The van der Waals surface area contributed by atoms with Crippen LogP contribution in [0.15, 0.2) is 30.3 Å². The molecule has 1 aromatic carbocycles. The predicted octanol–water partition coefficient (Wildman–Crippen LogP) is 4.11. The van der Waals surface area contributed by atoms with Crippen LogP contribution in [0.3, 0.4) is 0 Å². The molecule has 0 radical (unpaired) electrons. The van der Waals surface area contributed by atoms with Crippen LogP contribution in [0.1, 0.15) is 45.3 Å². The van der Waals surface area contributed by atoms with Gasteiger partial charge in [-0.15, -0.1) is 0 Å². The molecule has 4 heteroatoms. The topological polar surface area (TPSA) is 44.8 Å². The van der Waals surface area contributed by atoms with E-state index in [1.54, 1.807) is 13.8 Å². The second-order valence-corrected chi connectivity index (χ2v) is 4.63. The van der Waals surface area contributed by atoms with Gasteiger partial charge in [0.2, 0.25) is 0 Å². The molecule has 0 aromatic heterocycles. The zero-order chi connectivity index (χ0) is 14.8. The Morgan fingerprint density at radius 1 is 1.20 bits per heavy atom. The molecule has 0 saturated carbocycles. The van der Waals surface area contributed by atoms with E-state index in [1.807, 2.05) is 18.2 Å². The molecule has 0 aliphatic carbocycles. The van der Waals surface area contributed by atoms with Gasteiger partial charge in [0.25, 0.3) is 0 Å². The third kappa shape index (κ3) is 6.06. The molecule has 2 atom stereocenters. The molecule has 1 rings (SSSR count). The van der Waals surface area contributed by atoms with Crippen LogP contribution in [0, 0.1) is 0 Å². The number of carbonyl (C=O) groups is 1. The van der Waals surface area contributed by atoms with Crippen molar-refractivity contribution >= 4 is 6.16 Å². The Morgan fingerprint density at radius 2 is 1.90 bits per heavy atom. The Kier molecular flexibility index (Phi) is 7.73. The normalized spacial score (nSPS) is 13.6. The average Bonchev–Trinajstić information content (AvgIpc) is 2.44. The molecule has 0 heterocycles. The van der Waals surface area contributed by atoms with Gasteiger partial charge in [-0.3, -0.25) is 0 Å². The van der Waals surface area contributed by atoms with E-state index in [1.165, 1.54) is 0 Å². The van der Waals surface area contributed by atoms with Crippen molar-refractivity contribution in [2.75, 3.05) is 13.2 Å². The van der Waals surface area contributed by atoms with E-state index in [9.17, 15) is 4.79 Å². The summed E-state index contributed by atoms with van der Waals surface area (Å²) < 4.78 is 15.7. The van der Waals surface area contributed by atoms with Gasteiger partial charge >= 0.3 is 6.16 Å². The second-order valence-electron chi connectivity index (χ2n) is 4.63. The van der Waals surface area contributed by atoms with Crippen LogP contribution < -0.4 is 0 Å². The Bertz CT molecular complexity index is 377. The second kappa shape index (κ2) is 9.37. The molecule has 0 fully saturated rings. The Labute approximate surface area is 121 Å². The van der Waals surface area contributed by atoms with Gasteiger partial charge < -0.3 is 14.2 Å². The van der Waals surface area contributed by atoms with Gasteiger partial charge in [-0.05, 0) is 25.8 Å². The van der Waals surface area contributed by atoms with Gasteiger partial charge in [-0.25, -0.2) is 4.79 Å². The van der Waals surface area contributed by atoms with E-state index < -0.39 is 6.16 Å². The minimum Gasteiger partial charge on any atom is -0.435 e. The van der Waals surface area contributed by atoms with Crippen molar-refractivity contribution < 1.29 is 19.0 Å².